The number of aromatic nitrogens is 1. The Kier molecular flexibility index (Phi) is 3.20. The van der Waals surface area contributed by atoms with Gasteiger partial charge in [0, 0.05) is 22.1 Å². The number of thiophene rings is 1. The van der Waals surface area contributed by atoms with Gasteiger partial charge in [-0.05, 0) is 31.5 Å². The minimum atomic E-state index is -0.187. The van der Waals surface area contributed by atoms with Crippen molar-refractivity contribution in [3.63, 3.8) is 0 Å². The Hall–Kier alpha value is -2.60. The van der Waals surface area contributed by atoms with Crippen molar-refractivity contribution in [3.05, 3.63) is 52.1 Å². The van der Waals surface area contributed by atoms with Gasteiger partial charge in [-0.25, -0.2) is 0 Å². The topological polar surface area (TPSA) is 64.4 Å². The number of anilines is 1. The number of carbonyl (C=O) groups is 1. The van der Waals surface area contributed by atoms with Crippen LogP contribution in [0.15, 0.2) is 34.9 Å². The molecule has 1 N–H and O–H groups in total. The van der Waals surface area contributed by atoms with Crippen molar-refractivity contribution in [1.29, 1.82) is 0 Å². The fraction of sp³-hybridized carbons (Fsp3) is 0.176. The van der Waals surface area contributed by atoms with E-state index < -0.39 is 0 Å². The fourth-order valence-corrected chi connectivity index (χ4v) is 3.85. The first-order valence-electron chi connectivity index (χ1n) is 7.22. The number of nitrogens with one attached hydrogen (secondary N) is 1. The number of fused-ring (bicyclic) bond motifs is 3. The lowest BCUT2D eigenvalue weighted by molar-refractivity contribution is 0.102. The summed E-state index contributed by atoms with van der Waals surface area (Å²) in [5.74, 6) is 1.77. The average molecular weight is 326 g/mol. The molecule has 0 unspecified atom stereocenters. The molecule has 1 aliphatic heterocycles. The Morgan fingerprint density at radius 3 is 2.96 bits per heavy atom. The molecule has 4 rings (SSSR count). The van der Waals surface area contributed by atoms with Gasteiger partial charge in [-0.3, -0.25) is 4.79 Å². The molecule has 1 amide bonds. The van der Waals surface area contributed by atoms with Gasteiger partial charge in [0.05, 0.1) is 4.88 Å². The van der Waals surface area contributed by atoms with E-state index in [0.29, 0.717) is 23.1 Å². The molecule has 0 saturated carbocycles. The second-order valence-electron chi connectivity index (χ2n) is 5.48. The maximum atomic E-state index is 12.4. The van der Waals surface area contributed by atoms with Crippen LogP contribution in [0, 0.1) is 13.8 Å². The van der Waals surface area contributed by atoms with E-state index in [9.17, 15) is 4.79 Å². The van der Waals surface area contributed by atoms with Gasteiger partial charge < -0.3 is 14.6 Å². The molecule has 2 aromatic heterocycles. The SMILES string of the molecule is Cc1cc(NC(=O)c2cc3c(s2)-c2c(C)cccc2OC3)no1. The smallest absolute Gasteiger partial charge is 0.267 e. The predicted octanol–water partition coefficient (Wildman–Crippen LogP) is 4.16. The summed E-state index contributed by atoms with van der Waals surface area (Å²) in [5.41, 5.74) is 3.26. The normalized spacial score (nSPS) is 12.3. The van der Waals surface area contributed by atoms with E-state index in [2.05, 4.69) is 23.5 Å². The summed E-state index contributed by atoms with van der Waals surface area (Å²) in [6.45, 7) is 4.32. The summed E-state index contributed by atoms with van der Waals surface area (Å²) in [5, 5.41) is 6.54. The minimum Gasteiger partial charge on any atom is -0.488 e. The maximum Gasteiger partial charge on any atom is 0.267 e. The van der Waals surface area contributed by atoms with Crippen LogP contribution in [0.2, 0.25) is 0 Å². The van der Waals surface area contributed by atoms with Gasteiger partial charge in [-0.15, -0.1) is 11.3 Å². The van der Waals surface area contributed by atoms with Crippen LogP contribution < -0.4 is 10.1 Å². The number of aryl methyl sites for hydroxylation is 2. The Morgan fingerprint density at radius 2 is 2.17 bits per heavy atom. The molecule has 1 aliphatic rings. The summed E-state index contributed by atoms with van der Waals surface area (Å²) in [7, 11) is 0. The Labute approximate surface area is 136 Å². The average Bonchev–Trinajstić information content (AvgIpc) is 3.13. The molecule has 0 saturated heterocycles. The minimum absolute atomic E-state index is 0.187. The number of hydrogen-bond donors (Lipinski definition) is 1. The van der Waals surface area contributed by atoms with Crippen LogP contribution in [-0.4, -0.2) is 11.1 Å². The molecule has 116 valence electrons. The van der Waals surface area contributed by atoms with Crippen molar-refractivity contribution < 1.29 is 14.1 Å². The third-order valence-electron chi connectivity index (χ3n) is 3.75. The van der Waals surface area contributed by atoms with Crippen LogP contribution in [0.4, 0.5) is 5.82 Å². The fourth-order valence-electron chi connectivity index (χ4n) is 2.67. The van der Waals surface area contributed by atoms with Crippen LogP contribution in [0.1, 0.15) is 26.6 Å². The molecular weight excluding hydrogens is 312 g/mol. The lowest BCUT2D eigenvalue weighted by Gasteiger charge is -2.19. The molecule has 0 bridgehead atoms. The largest absolute Gasteiger partial charge is 0.488 e. The van der Waals surface area contributed by atoms with E-state index in [4.69, 9.17) is 9.26 Å². The Balaban J connectivity index is 1.69. The first-order valence-corrected chi connectivity index (χ1v) is 8.03. The summed E-state index contributed by atoms with van der Waals surface area (Å²) >= 11 is 1.48. The van der Waals surface area contributed by atoms with Crippen molar-refractivity contribution in [2.24, 2.45) is 0 Å². The molecule has 3 aromatic rings. The zero-order valence-corrected chi connectivity index (χ0v) is 13.5. The lowest BCUT2D eigenvalue weighted by atomic mass is 10.0. The third-order valence-corrected chi connectivity index (χ3v) is 4.94. The molecule has 0 aliphatic carbocycles. The molecule has 23 heavy (non-hydrogen) atoms. The van der Waals surface area contributed by atoms with Crippen molar-refractivity contribution in [2.75, 3.05) is 5.32 Å². The van der Waals surface area contributed by atoms with Gasteiger partial charge in [0.2, 0.25) is 0 Å². The van der Waals surface area contributed by atoms with Gasteiger partial charge in [0.1, 0.15) is 18.1 Å². The molecule has 5 nitrogen and oxygen atoms in total. The first-order chi connectivity index (χ1) is 11.1. The van der Waals surface area contributed by atoms with E-state index in [1.165, 1.54) is 11.3 Å². The summed E-state index contributed by atoms with van der Waals surface area (Å²) in [6.07, 6.45) is 0. The van der Waals surface area contributed by atoms with E-state index >= 15 is 0 Å². The molecule has 3 heterocycles. The zero-order chi connectivity index (χ0) is 16.0. The van der Waals surface area contributed by atoms with E-state index in [-0.39, 0.29) is 5.91 Å². The van der Waals surface area contributed by atoms with Crippen LogP contribution in [0.3, 0.4) is 0 Å². The van der Waals surface area contributed by atoms with Crippen LogP contribution >= 0.6 is 11.3 Å². The number of hydrogen-bond acceptors (Lipinski definition) is 5. The molecule has 0 fully saturated rings. The van der Waals surface area contributed by atoms with Gasteiger partial charge in [-0.1, -0.05) is 17.3 Å². The molecule has 1 aromatic carbocycles. The highest BCUT2D eigenvalue weighted by Crippen LogP contribution is 2.44. The number of carbonyl (C=O) groups excluding carboxylic acids is 1. The highest BCUT2D eigenvalue weighted by Gasteiger charge is 2.24. The van der Waals surface area contributed by atoms with E-state index in [1.54, 1.807) is 13.0 Å². The number of amides is 1. The third kappa shape index (κ3) is 2.41. The molecular formula is C17H14N2O3S. The van der Waals surface area contributed by atoms with E-state index in [0.717, 1.165) is 27.3 Å². The second-order valence-corrected chi connectivity index (χ2v) is 6.53. The Morgan fingerprint density at radius 1 is 1.30 bits per heavy atom. The summed E-state index contributed by atoms with van der Waals surface area (Å²) in [6, 6.07) is 9.57. The zero-order valence-electron chi connectivity index (χ0n) is 12.7. The monoisotopic (exact) mass is 326 g/mol. The number of nitrogens with zero attached hydrogens (tertiary/aromatic N) is 1. The molecule has 0 atom stereocenters. The Bertz CT molecular complexity index is 910. The van der Waals surface area contributed by atoms with Gasteiger partial charge in [-0.2, -0.15) is 0 Å². The van der Waals surface area contributed by atoms with Crippen LogP contribution in [-0.2, 0) is 6.61 Å². The van der Waals surface area contributed by atoms with E-state index in [1.807, 2.05) is 18.2 Å². The second kappa shape index (κ2) is 5.24. The highest BCUT2D eigenvalue weighted by atomic mass is 32.1. The van der Waals surface area contributed by atoms with Gasteiger partial charge in [0.15, 0.2) is 5.82 Å². The lowest BCUT2D eigenvalue weighted by Crippen LogP contribution is -2.10. The van der Waals surface area contributed by atoms with Gasteiger partial charge in [0.25, 0.3) is 5.91 Å². The first kappa shape index (κ1) is 14.0. The number of ether oxygens (including phenoxy) is 1. The van der Waals surface area contributed by atoms with Crippen LogP contribution in [0.5, 0.6) is 5.75 Å². The number of rotatable bonds is 2. The summed E-state index contributed by atoms with van der Waals surface area (Å²) < 4.78 is 10.8. The van der Waals surface area contributed by atoms with Crippen molar-refractivity contribution in [3.8, 4) is 16.2 Å². The van der Waals surface area contributed by atoms with Crippen molar-refractivity contribution >= 4 is 23.1 Å². The molecule has 0 spiro atoms. The highest BCUT2D eigenvalue weighted by molar-refractivity contribution is 7.17. The van der Waals surface area contributed by atoms with Crippen LogP contribution in [0.25, 0.3) is 10.4 Å². The van der Waals surface area contributed by atoms with Gasteiger partial charge >= 0.3 is 0 Å². The van der Waals surface area contributed by atoms with Crippen molar-refractivity contribution in [2.45, 2.75) is 20.5 Å². The number of benzene rings is 1. The maximum absolute atomic E-state index is 12.4. The summed E-state index contributed by atoms with van der Waals surface area (Å²) in [4.78, 5) is 14.2. The quantitative estimate of drug-likeness (QED) is 0.768. The standard InChI is InChI=1S/C17H14N2O3S/c1-9-4-3-5-12-15(9)16-11(8-21-12)7-13(23-16)17(20)18-14-6-10(2)22-19-14/h3-7H,8H2,1-2H3,(H,18,19,20). The molecule has 6 heteroatoms. The predicted molar refractivity (Wildman–Crippen MR) is 88.0 cm³/mol. The molecule has 0 radical (unpaired) electrons. The van der Waals surface area contributed by atoms with Crippen molar-refractivity contribution in [1.82, 2.24) is 5.16 Å².